The molecular formula is C44H32N4Si. The second-order valence-corrected chi connectivity index (χ2v) is 16.1. The zero-order chi connectivity index (χ0) is 32.6. The van der Waals surface area contributed by atoms with E-state index in [9.17, 15) is 0 Å². The van der Waals surface area contributed by atoms with E-state index in [2.05, 4.69) is 180 Å². The quantitative estimate of drug-likeness (QED) is 0.143. The number of fused-ring (bicyclic) bond motifs is 3. The van der Waals surface area contributed by atoms with Crippen molar-refractivity contribution in [3.8, 4) is 28.5 Å². The number of H-pyrrole nitrogens is 1. The summed E-state index contributed by atoms with van der Waals surface area (Å²) in [5.41, 5.74) is 5.54. The number of para-hydroxylation sites is 2. The average molecular weight is 645 g/mol. The van der Waals surface area contributed by atoms with E-state index in [1.165, 1.54) is 42.6 Å². The van der Waals surface area contributed by atoms with Crippen LogP contribution in [0.4, 0.5) is 0 Å². The number of rotatable bonds is 7. The molecule has 232 valence electrons. The van der Waals surface area contributed by atoms with Gasteiger partial charge in [-0.05, 0) is 45.0 Å². The standard InChI is InChI=1S/C44H32N4Si/c1-5-17-32(18-6-1)43-45-44(47-46-43)33-19-15-26-37(31-33)49(35-22-9-3-10-23-35,36-24-11-4-12-25-36)41-30-16-29-40-42(41)38-27-13-14-28-39(38)48(40)34-20-7-2-8-21-34/h1-31H,(H,45,46,47). The summed E-state index contributed by atoms with van der Waals surface area (Å²) in [4.78, 5) is 4.97. The van der Waals surface area contributed by atoms with Gasteiger partial charge < -0.3 is 4.57 Å². The van der Waals surface area contributed by atoms with Gasteiger partial charge in [0, 0.05) is 27.6 Å². The summed E-state index contributed by atoms with van der Waals surface area (Å²) in [6, 6.07) is 67.8. The van der Waals surface area contributed by atoms with Crippen molar-refractivity contribution in [2.75, 3.05) is 0 Å². The van der Waals surface area contributed by atoms with E-state index in [4.69, 9.17) is 10.1 Å². The van der Waals surface area contributed by atoms with Gasteiger partial charge in [0.2, 0.25) is 0 Å². The molecule has 4 nitrogen and oxygen atoms in total. The zero-order valence-electron chi connectivity index (χ0n) is 26.7. The Hall–Kier alpha value is -6.30. The first-order valence-electron chi connectivity index (χ1n) is 16.6. The minimum atomic E-state index is -2.97. The molecule has 0 aliphatic heterocycles. The predicted molar refractivity (Wildman–Crippen MR) is 205 cm³/mol. The first-order valence-corrected chi connectivity index (χ1v) is 18.6. The third-order valence-electron chi connectivity index (χ3n) is 9.62. The van der Waals surface area contributed by atoms with Crippen molar-refractivity contribution in [1.82, 2.24) is 19.7 Å². The Labute approximate surface area is 286 Å². The van der Waals surface area contributed by atoms with Crippen LogP contribution in [0.3, 0.4) is 0 Å². The van der Waals surface area contributed by atoms with Crippen molar-refractivity contribution in [1.29, 1.82) is 0 Å². The summed E-state index contributed by atoms with van der Waals surface area (Å²) >= 11 is 0. The van der Waals surface area contributed by atoms with E-state index < -0.39 is 8.07 Å². The molecule has 2 heterocycles. The summed E-state index contributed by atoms with van der Waals surface area (Å²) in [5, 5.41) is 15.7. The average Bonchev–Trinajstić information content (AvgIpc) is 3.81. The van der Waals surface area contributed by atoms with Gasteiger partial charge in [-0.25, -0.2) is 4.98 Å². The van der Waals surface area contributed by atoms with Crippen LogP contribution in [-0.4, -0.2) is 27.8 Å². The fraction of sp³-hybridized carbons (Fsp3) is 0. The van der Waals surface area contributed by atoms with Crippen LogP contribution in [0.15, 0.2) is 188 Å². The van der Waals surface area contributed by atoms with Crippen LogP contribution in [0.2, 0.25) is 0 Å². The number of hydrogen-bond donors (Lipinski definition) is 1. The van der Waals surface area contributed by atoms with E-state index in [-0.39, 0.29) is 0 Å². The van der Waals surface area contributed by atoms with Gasteiger partial charge in [-0.2, -0.15) is 5.10 Å². The van der Waals surface area contributed by atoms with E-state index in [1.54, 1.807) is 0 Å². The monoisotopic (exact) mass is 644 g/mol. The van der Waals surface area contributed by atoms with Crippen molar-refractivity contribution in [3.05, 3.63) is 188 Å². The highest BCUT2D eigenvalue weighted by atomic mass is 28.3. The highest BCUT2D eigenvalue weighted by Gasteiger charge is 2.43. The lowest BCUT2D eigenvalue weighted by molar-refractivity contribution is 1.10. The Kier molecular flexibility index (Phi) is 7.10. The summed E-state index contributed by atoms with van der Waals surface area (Å²) in [6.45, 7) is 0. The van der Waals surface area contributed by atoms with Gasteiger partial charge in [0.05, 0.1) is 11.0 Å². The molecule has 0 radical (unpaired) electrons. The third-order valence-corrected chi connectivity index (χ3v) is 14.4. The van der Waals surface area contributed by atoms with Crippen molar-refractivity contribution in [2.24, 2.45) is 0 Å². The maximum absolute atomic E-state index is 4.97. The molecule has 5 heteroatoms. The van der Waals surface area contributed by atoms with Gasteiger partial charge >= 0.3 is 0 Å². The SMILES string of the molecule is c1ccc(-c2nc(-c3cccc([Si](c4ccccc4)(c4ccccc4)c4cccc5c4c4ccccc4n5-c4ccccc4)c3)n[nH]2)cc1. The highest BCUT2D eigenvalue weighted by Crippen LogP contribution is 2.32. The smallest absolute Gasteiger partial charge is 0.181 e. The van der Waals surface area contributed by atoms with Crippen molar-refractivity contribution in [2.45, 2.75) is 0 Å². The Bertz CT molecular complexity index is 2500. The van der Waals surface area contributed by atoms with Gasteiger partial charge in [-0.1, -0.05) is 164 Å². The Balaban J connectivity index is 1.38. The van der Waals surface area contributed by atoms with E-state index in [1.807, 2.05) is 18.2 Å². The largest absolute Gasteiger partial charge is 0.309 e. The Morgan fingerprint density at radius 1 is 0.469 bits per heavy atom. The second kappa shape index (κ2) is 12.1. The fourth-order valence-electron chi connectivity index (χ4n) is 7.54. The van der Waals surface area contributed by atoms with Gasteiger partial charge in [0.15, 0.2) is 19.7 Å². The minimum Gasteiger partial charge on any atom is -0.309 e. The van der Waals surface area contributed by atoms with Gasteiger partial charge in [-0.15, -0.1) is 0 Å². The van der Waals surface area contributed by atoms with Gasteiger partial charge in [0.1, 0.15) is 0 Å². The van der Waals surface area contributed by atoms with Crippen molar-refractivity contribution >= 4 is 50.6 Å². The molecule has 0 saturated carbocycles. The molecular weight excluding hydrogens is 613 g/mol. The maximum Gasteiger partial charge on any atom is 0.181 e. The number of benzene rings is 7. The van der Waals surface area contributed by atoms with Crippen LogP contribution < -0.4 is 20.7 Å². The van der Waals surface area contributed by atoms with Crippen LogP contribution in [-0.2, 0) is 0 Å². The van der Waals surface area contributed by atoms with Crippen molar-refractivity contribution < 1.29 is 0 Å². The molecule has 9 aromatic rings. The van der Waals surface area contributed by atoms with Crippen LogP contribution in [0.25, 0.3) is 50.3 Å². The summed E-state index contributed by atoms with van der Waals surface area (Å²) in [7, 11) is -2.97. The Morgan fingerprint density at radius 3 is 1.73 bits per heavy atom. The molecule has 2 aromatic heterocycles. The van der Waals surface area contributed by atoms with Crippen LogP contribution in [0.5, 0.6) is 0 Å². The van der Waals surface area contributed by atoms with Gasteiger partial charge in [-0.3, -0.25) is 5.10 Å². The van der Waals surface area contributed by atoms with E-state index in [0.29, 0.717) is 5.82 Å². The first-order chi connectivity index (χ1) is 24.3. The summed E-state index contributed by atoms with van der Waals surface area (Å²) in [6.07, 6.45) is 0. The van der Waals surface area contributed by atoms with E-state index >= 15 is 0 Å². The number of aromatic nitrogens is 4. The minimum absolute atomic E-state index is 0.684. The number of hydrogen-bond acceptors (Lipinski definition) is 2. The number of aromatic amines is 1. The molecule has 0 aliphatic carbocycles. The molecule has 0 amide bonds. The number of nitrogens with one attached hydrogen (secondary N) is 1. The Morgan fingerprint density at radius 2 is 1.02 bits per heavy atom. The topological polar surface area (TPSA) is 46.5 Å². The van der Waals surface area contributed by atoms with Crippen LogP contribution in [0.1, 0.15) is 0 Å². The van der Waals surface area contributed by atoms with Crippen LogP contribution >= 0.6 is 0 Å². The lowest BCUT2D eigenvalue weighted by atomic mass is 10.1. The molecule has 9 rings (SSSR count). The second-order valence-electron chi connectivity index (χ2n) is 12.3. The number of nitrogens with zero attached hydrogens (tertiary/aromatic N) is 3. The maximum atomic E-state index is 4.97. The fourth-order valence-corrected chi connectivity index (χ4v) is 12.6. The normalized spacial score (nSPS) is 11.7. The molecule has 0 bridgehead atoms. The van der Waals surface area contributed by atoms with E-state index in [0.717, 1.165) is 22.6 Å². The molecule has 0 atom stereocenters. The lowest BCUT2D eigenvalue weighted by Gasteiger charge is -2.35. The lowest BCUT2D eigenvalue weighted by Crippen LogP contribution is -2.74. The molecule has 7 aromatic carbocycles. The highest BCUT2D eigenvalue weighted by molar-refractivity contribution is 7.20. The zero-order valence-corrected chi connectivity index (χ0v) is 27.7. The predicted octanol–water partition coefficient (Wildman–Crippen LogP) is 7.61. The first kappa shape index (κ1) is 28.9. The molecule has 1 N–H and O–H groups in total. The molecule has 0 fully saturated rings. The molecule has 0 aliphatic rings. The summed E-state index contributed by atoms with van der Waals surface area (Å²) in [5.74, 6) is 1.44. The molecule has 0 saturated heterocycles. The third kappa shape index (κ3) is 4.74. The van der Waals surface area contributed by atoms with Gasteiger partial charge in [0.25, 0.3) is 0 Å². The molecule has 49 heavy (non-hydrogen) atoms. The molecule has 0 spiro atoms. The van der Waals surface area contributed by atoms with Crippen molar-refractivity contribution in [3.63, 3.8) is 0 Å². The van der Waals surface area contributed by atoms with Crippen LogP contribution in [0, 0.1) is 0 Å². The molecule has 0 unspecified atom stereocenters. The summed E-state index contributed by atoms with van der Waals surface area (Å²) < 4.78 is 2.42.